The monoisotopic (exact) mass is 586 g/mol. The van der Waals surface area contributed by atoms with Gasteiger partial charge in [0.25, 0.3) is 17.6 Å². The molecule has 0 spiro atoms. The maximum absolute atomic E-state index is 13.6. The number of nitrogens with one attached hydrogen (secondary N) is 2. The maximum atomic E-state index is 13.6. The van der Waals surface area contributed by atoms with Crippen LogP contribution < -0.4 is 10.6 Å². The molecule has 2 amide bonds. The van der Waals surface area contributed by atoms with Crippen LogP contribution in [0.15, 0.2) is 36.5 Å². The second kappa shape index (κ2) is 11.7. The number of pyridine rings is 1. The van der Waals surface area contributed by atoms with E-state index < -0.39 is 23.8 Å². The van der Waals surface area contributed by atoms with Crippen LogP contribution in [-0.4, -0.2) is 53.3 Å². The second-order valence-electron chi connectivity index (χ2n) is 9.27. The Labute approximate surface area is 236 Å². The quantitative estimate of drug-likeness (QED) is 0.316. The summed E-state index contributed by atoms with van der Waals surface area (Å²) in [6, 6.07) is 9.26. The Morgan fingerprint density at radius 1 is 1.17 bits per heavy atom. The first kappa shape index (κ1) is 29.2. The molecule has 12 nitrogen and oxygen atoms in total. The summed E-state index contributed by atoms with van der Waals surface area (Å²) in [6.07, 6.45) is -3.37. The Balaban J connectivity index is 1.74. The third-order valence-corrected chi connectivity index (χ3v) is 5.86. The van der Waals surface area contributed by atoms with Crippen LogP contribution in [0.3, 0.4) is 0 Å². The van der Waals surface area contributed by atoms with Crippen LogP contribution in [-0.2, 0) is 12.7 Å². The van der Waals surface area contributed by atoms with Crippen molar-refractivity contribution >= 4 is 29.1 Å². The number of amides is 2. The molecule has 0 radical (unpaired) electrons. The number of nitriles is 1. The minimum Gasteiger partial charge on any atom is -0.352 e. The van der Waals surface area contributed by atoms with E-state index >= 15 is 0 Å². The van der Waals surface area contributed by atoms with Crippen LogP contribution in [0.25, 0.3) is 5.82 Å². The number of carbonyl (C=O) groups is 2. The smallest absolute Gasteiger partial charge is 0.352 e. The van der Waals surface area contributed by atoms with Gasteiger partial charge in [-0.1, -0.05) is 25.4 Å². The van der Waals surface area contributed by atoms with Gasteiger partial charge in [0.05, 0.1) is 33.6 Å². The predicted molar refractivity (Wildman–Crippen MR) is 139 cm³/mol. The van der Waals surface area contributed by atoms with Crippen molar-refractivity contribution in [1.29, 1.82) is 5.26 Å². The van der Waals surface area contributed by atoms with Gasteiger partial charge >= 0.3 is 6.18 Å². The fourth-order valence-electron chi connectivity index (χ4n) is 3.70. The molecular weight excluding hydrogens is 565 g/mol. The Kier molecular flexibility index (Phi) is 8.33. The number of aryl methyl sites for hydroxylation is 1. The van der Waals surface area contributed by atoms with Gasteiger partial charge in [-0.05, 0) is 54.0 Å². The Morgan fingerprint density at radius 3 is 2.56 bits per heavy atom. The number of benzene rings is 1. The summed E-state index contributed by atoms with van der Waals surface area (Å²) >= 11 is 6.30. The fourth-order valence-corrected chi connectivity index (χ4v) is 3.90. The minimum absolute atomic E-state index is 0.0690. The van der Waals surface area contributed by atoms with Crippen LogP contribution in [0.2, 0.25) is 5.02 Å². The van der Waals surface area contributed by atoms with Crippen molar-refractivity contribution in [2.75, 3.05) is 11.9 Å². The first-order chi connectivity index (χ1) is 19.4. The van der Waals surface area contributed by atoms with Crippen LogP contribution >= 0.6 is 11.6 Å². The third kappa shape index (κ3) is 6.67. The van der Waals surface area contributed by atoms with Gasteiger partial charge in [0.1, 0.15) is 12.2 Å². The molecule has 0 atom stereocenters. The SMILES string of the molecule is Cc1cc(C#N)cc(C(=O)NCC(C)C)c1NC(=O)c1cc(Cn2nnc(C(F)(F)F)n2)nn1-c1ncccc1Cl. The Hall–Kier alpha value is -4.84. The molecule has 2 N–H and O–H groups in total. The third-order valence-electron chi connectivity index (χ3n) is 5.56. The molecule has 1 aromatic carbocycles. The molecule has 3 aromatic heterocycles. The number of nitrogens with zero attached hydrogens (tertiary/aromatic N) is 8. The van der Waals surface area contributed by atoms with E-state index in [1.165, 1.54) is 30.5 Å². The number of hydrogen-bond acceptors (Lipinski definition) is 8. The van der Waals surface area contributed by atoms with Crippen molar-refractivity contribution < 1.29 is 22.8 Å². The van der Waals surface area contributed by atoms with Crippen molar-refractivity contribution in [2.24, 2.45) is 5.92 Å². The van der Waals surface area contributed by atoms with E-state index in [0.717, 1.165) is 4.68 Å². The number of aromatic nitrogens is 7. The largest absolute Gasteiger partial charge is 0.455 e. The number of rotatable bonds is 8. The molecule has 4 rings (SSSR count). The number of halogens is 4. The fraction of sp³-hybridized carbons (Fsp3) is 0.280. The number of carbonyl (C=O) groups excluding carboxylic acids is 2. The van der Waals surface area contributed by atoms with Crippen LogP contribution in [0, 0.1) is 24.2 Å². The molecule has 4 aromatic rings. The highest BCUT2D eigenvalue weighted by atomic mass is 35.5. The molecule has 0 fully saturated rings. The topological polar surface area (TPSA) is 156 Å². The second-order valence-corrected chi connectivity index (χ2v) is 9.68. The molecule has 0 bridgehead atoms. The molecule has 0 saturated carbocycles. The lowest BCUT2D eigenvalue weighted by Crippen LogP contribution is -2.29. The standard InChI is InChI=1S/C25H22ClF3N10O2/c1-13(2)11-32-22(40)17-8-15(10-30)7-14(3)20(17)33-23(41)19-9-16(12-38-36-24(34-37-38)25(27,28)29)35-39(19)21-18(26)5-4-6-31-21/h4-9,13H,11-12H2,1-3H3,(H,32,40)(H,33,41). The van der Waals surface area contributed by atoms with Gasteiger partial charge in [-0.3, -0.25) is 9.59 Å². The highest BCUT2D eigenvalue weighted by Gasteiger charge is 2.37. The summed E-state index contributed by atoms with van der Waals surface area (Å²) in [6.45, 7) is 5.46. The molecule has 3 heterocycles. The average Bonchev–Trinajstić information content (AvgIpc) is 3.56. The zero-order valence-corrected chi connectivity index (χ0v) is 22.6. The van der Waals surface area contributed by atoms with Gasteiger partial charge in [0, 0.05) is 12.7 Å². The molecule has 41 heavy (non-hydrogen) atoms. The summed E-state index contributed by atoms with van der Waals surface area (Å²) in [7, 11) is 0. The molecule has 16 heteroatoms. The highest BCUT2D eigenvalue weighted by molar-refractivity contribution is 6.32. The van der Waals surface area contributed by atoms with Crippen molar-refractivity contribution in [3.05, 3.63) is 75.5 Å². The molecule has 0 aliphatic rings. The van der Waals surface area contributed by atoms with Crippen LogP contribution in [0.1, 0.15) is 57.3 Å². The summed E-state index contributed by atoms with van der Waals surface area (Å²) in [4.78, 5) is 31.5. The van der Waals surface area contributed by atoms with Gasteiger partial charge < -0.3 is 10.6 Å². The average molecular weight is 587 g/mol. The van der Waals surface area contributed by atoms with Crippen molar-refractivity contribution in [2.45, 2.75) is 33.5 Å². The number of tetrazole rings is 1. The Bertz CT molecular complexity index is 1660. The van der Waals surface area contributed by atoms with E-state index in [1.807, 2.05) is 19.9 Å². The lowest BCUT2D eigenvalue weighted by molar-refractivity contribution is -0.145. The van der Waals surface area contributed by atoms with Crippen molar-refractivity contribution in [3.63, 3.8) is 0 Å². The lowest BCUT2D eigenvalue weighted by Gasteiger charge is -2.16. The van der Waals surface area contributed by atoms with Crippen molar-refractivity contribution in [3.8, 4) is 11.9 Å². The molecule has 0 aliphatic heterocycles. The van der Waals surface area contributed by atoms with E-state index in [-0.39, 0.29) is 51.5 Å². The van der Waals surface area contributed by atoms with E-state index in [0.29, 0.717) is 16.9 Å². The minimum atomic E-state index is -4.79. The lowest BCUT2D eigenvalue weighted by atomic mass is 10.0. The maximum Gasteiger partial charge on any atom is 0.455 e. The number of anilines is 1. The van der Waals surface area contributed by atoms with E-state index in [2.05, 4.69) is 36.1 Å². The number of hydrogen-bond donors (Lipinski definition) is 2. The molecule has 0 saturated heterocycles. The zero-order valence-electron chi connectivity index (χ0n) is 21.9. The van der Waals surface area contributed by atoms with Gasteiger partial charge in [-0.2, -0.15) is 28.3 Å². The first-order valence-corrected chi connectivity index (χ1v) is 12.4. The van der Waals surface area contributed by atoms with Crippen molar-refractivity contribution in [1.82, 2.24) is 40.3 Å². The molecule has 0 unspecified atom stereocenters. The highest BCUT2D eigenvalue weighted by Crippen LogP contribution is 2.27. The Morgan fingerprint density at radius 2 is 1.93 bits per heavy atom. The summed E-state index contributed by atoms with van der Waals surface area (Å²) < 4.78 is 39.9. The van der Waals surface area contributed by atoms with E-state index in [9.17, 15) is 28.0 Å². The first-order valence-electron chi connectivity index (χ1n) is 12.1. The summed E-state index contributed by atoms with van der Waals surface area (Å²) in [5.41, 5.74) is 0.888. The molecular formula is C25H22ClF3N10O2. The van der Waals surface area contributed by atoms with Gasteiger partial charge in [-0.25, -0.2) is 9.67 Å². The normalized spacial score (nSPS) is 11.4. The molecule has 0 aliphatic carbocycles. The van der Waals surface area contributed by atoms with E-state index in [1.54, 1.807) is 13.0 Å². The van der Waals surface area contributed by atoms with Crippen LogP contribution in [0.4, 0.5) is 18.9 Å². The van der Waals surface area contributed by atoms with E-state index in [4.69, 9.17) is 11.6 Å². The summed E-state index contributed by atoms with van der Waals surface area (Å²) in [5.74, 6) is -2.44. The van der Waals surface area contributed by atoms with Gasteiger partial charge in [-0.15, -0.1) is 10.2 Å². The number of alkyl halides is 3. The van der Waals surface area contributed by atoms with Gasteiger partial charge in [0.15, 0.2) is 5.82 Å². The molecule has 212 valence electrons. The zero-order chi connectivity index (χ0) is 29.9. The van der Waals surface area contributed by atoms with Gasteiger partial charge in [0.2, 0.25) is 0 Å². The predicted octanol–water partition coefficient (Wildman–Crippen LogP) is 3.79. The summed E-state index contributed by atoms with van der Waals surface area (Å²) in [5, 5.41) is 29.1. The van der Waals surface area contributed by atoms with Crippen LogP contribution in [0.5, 0.6) is 0 Å².